The molecule has 1 amide bonds. The van der Waals surface area contributed by atoms with Crippen molar-refractivity contribution in [1.29, 1.82) is 0 Å². The number of carbonyl (C=O) groups is 1. The molecule has 1 atom stereocenters. The van der Waals surface area contributed by atoms with Crippen molar-refractivity contribution in [2.24, 2.45) is 0 Å². The maximum absolute atomic E-state index is 12.9. The lowest BCUT2D eigenvalue weighted by atomic mass is 9.94. The minimum Gasteiger partial charge on any atom is -0.497 e. The van der Waals surface area contributed by atoms with Crippen molar-refractivity contribution in [1.82, 2.24) is 20.1 Å². The van der Waals surface area contributed by atoms with Gasteiger partial charge in [-0.3, -0.25) is 9.36 Å². The van der Waals surface area contributed by atoms with Crippen LogP contribution in [0.2, 0.25) is 0 Å². The number of hydrogen-bond donors (Lipinski definition) is 2. The number of ether oxygens (including phenoxy) is 1. The molecular weight excluding hydrogens is 320 g/mol. The van der Waals surface area contributed by atoms with Gasteiger partial charge in [0.1, 0.15) is 11.6 Å². The van der Waals surface area contributed by atoms with E-state index in [1.807, 2.05) is 24.3 Å². The van der Waals surface area contributed by atoms with Gasteiger partial charge in [-0.2, -0.15) is 5.10 Å². The second kappa shape index (κ2) is 6.06. The highest BCUT2D eigenvalue weighted by molar-refractivity contribution is 5.91. The fourth-order valence-corrected chi connectivity index (χ4v) is 3.65. The van der Waals surface area contributed by atoms with Crippen molar-refractivity contribution in [3.63, 3.8) is 0 Å². The van der Waals surface area contributed by atoms with E-state index < -0.39 is 5.41 Å². The van der Waals surface area contributed by atoms with Crippen molar-refractivity contribution < 1.29 is 9.53 Å². The summed E-state index contributed by atoms with van der Waals surface area (Å²) in [7, 11) is 1.64. The first-order valence-corrected chi connectivity index (χ1v) is 8.72. The van der Waals surface area contributed by atoms with Gasteiger partial charge >= 0.3 is 5.69 Å². The van der Waals surface area contributed by atoms with E-state index in [1.54, 1.807) is 11.7 Å². The van der Waals surface area contributed by atoms with Crippen molar-refractivity contribution in [3.8, 4) is 5.75 Å². The van der Waals surface area contributed by atoms with E-state index in [9.17, 15) is 9.59 Å². The molecule has 0 spiro atoms. The Morgan fingerprint density at radius 1 is 1.32 bits per heavy atom. The van der Waals surface area contributed by atoms with Gasteiger partial charge in [-0.05, 0) is 43.4 Å². The maximum Gasteiger partial charge on any atom is 0.343 e. The minimum atomic E-state index is -0.399. The molecule has 1 aromatic heterocycles. The van der Waals surface area contributed by atoms with Crippen LogP contribution in [0.1, 0.15) is 37.1 Å². The number of aromatic amines is 1. The van der Waals surface area contributed by atoms with E-state index in [-0.39, 0.29) is 17.6 Å². The Morgan fingerprint density at radius 3 is 2.76 bits per heavy atom. The van der Waals surface area contributed by atoms with E-state index in [0.717, 1.165) is 42.8 Å². The normalized spacial score (nSPS) is 21.1. The summed E-state index contributed by atoms with van der Waals surface area (Å²) in [6.07, 6.45) is 3.99. The number of hydrogen-bond acceptors (Lipinski definition) is 4. The second-order valence-electron chi connectivity index (χ2n) is 6.90. The average Bonchev–Trinajstić information content (AvgIpc) is 3.40. The van der Waals surface area contributed by atoms with Gasteiger partial charge in [0.2, 0.25) is 5.91 Å². The topological polar surface area (TPSA) is 89.0 Å². The third kappa shape index (κ3) is 2.83. The quantitative estimate of drug-likeness (QED) is 0.872. The molecule has 2 heterocycles. The number of benzene rings is 1. The van der Waals surface area contributed by atoms with Crippen LogP contribution in [0, 0.1) is 0 Å². The summed E-state index contributed by atoms with van der Waals surface area (Å²) < 4.78 is 6.86. The van der Waals surface area contributed by atoms with Gasteiger partial charge in [0, 0.05) is 19.0 Å². The Hall–Kier alpha value is -2.57. The van der Waals surface area contributed by atoms with Crippen molar-refractivity contribution in [3.05, 3.63) is 46.1 Å². The molecule has 7 heteroatoms. The number of amides is 1. The number of aromatic nitrogens is 3. The average molecular weight is 342 g/mol. The summed E-state index contributed by atoms with van der Waals surface area (Å²) in [4.78, 5) is 24.6. The first-order valence-electron chi connectivity index (χ1n) is 8.72. The lowest BCUT2D eigenvalue weighted by Crippen LogP contribution is -2.42. The summed E-state index contributed by atoms with van der Waals surface area (Å²) in [6, 6.07) is 7.84. The largest absolute Gasteiger partial charge is 0.497 e. The van der Waals surface area contributed by atoms with Crippen LogP contribution in [0.25, 0.3) is 0 Å². The molecule has 1 aliphatic heterocycles. The highest BCUT2D eigenvalue weighted by atomic mass is 16.5. The monoisotopic (exact) mass is 342 g/mol. The molecule has 2 N–H and O–H groups in total. The molecule has 132 valence electrons. The molecule has 1 aliphatic carbocycles. The molecule has 0 bridgehead atoms. The number of nitrogens with zero attached hydrogens (tertiary/aromatic N) is 2. The summed E-state index contributed by atoms with van der Waals surface area (Å²) in [5.41, 5.74) is 0.478. The first-order chi connectivity index (χ1) is 12.1. The van der Waals surface area contributed by atoms with Crippen LogP contribution < -0.4 is 15.7 Å². The molecule has 7 nitrogen and oxygen atoms in total. The van der Waals surface area contributed by atoms with Crippen molar-refractivity contribution in [2.75, 3.05) is 7.11 Å². The Labute approximate surface area is 145 Å². The van der Waals surface area contributed by atoms with Gasteiger partial charge in [0.25, 0.3) is 0 Å². The lowest BCUT2D eigenvalue weighted by molar-refractivity contribution is -0.124. The Balaban J connectivity index is 1.44. The highest BCUT2D eigenvalue weighted by Crippen LogP contribution is 2.48. The van der Waals surface area contributed by atoms with Crippen LogP contribution >= 0.6 is 0 Å². The summed E-state index contributed by atoms with van der Waals surface area (Å²) >= 11 is 0. The molecule has 1 fully saturated rings. The van der Waals surface area contributed by atoms with Crippen LogP contribution in [0.3, 0.4) is 0 Å². The summed E-state index contributed by atoms with van der Waals surface area (Å²) in [5, 5.41) is 9.75. The highest BCUT2D eigenvalue weighted by Gasteiger charge is 2.51. The van der Waals surface area contributed by atoms with Gasteiger partial charge in [-0.15, -0.1) is 0 Å². The Bertz CT molecular complexity index is 833. The molecule has 0 radical (unpaired) electrons. The predicted molar refractivity (Wildman–Crippen MR) is 91.6 cm³/mol. The second-order valence-corrected chi connectivity index (χ2v) is 6.90. The number of methoxy groups -OCH3 is 1. The van der Waals surface area contributed by atoms with Crippen LogP contribution in [0.4, 0.5) is 0 Å². The van der Waals surface area contributed by atoms with Gasteiger partial charge < -0.3 is 10.1 Å². The number of H-pyrrole nitrogens is 1. The Kier molecular flexibility index (Phi) is 3.86. The van der Waals surface area contributed by atoms with Crippen LogP contribution in [-0.2, 0) is 23.2 Å². The SMILES string of the molecule is COc1ccc(C2(C(=O)NC3CCc4n[nH]c(=O)n4CC3)CC2)cc1. The first kappa shape index (κ1) is 15.9. The Morgan fingerprint density at radius 2 is 2.08 bits per heavy atom. The van der Waals surface area contributed by atoms with Gasteiger partial charge in [-0.1, -0.05) is 12.1 Å². The number of carbonyl (C=O) groups excluding carboxylic acids is 1. The summed E-state index contributed by atoms with van der Waals surface area (Å²) in [6.45, 7) is 0.588. The van der Waals surface area contributed by atoms with E-state index in [0.29, 0.717) is 13.0 Å². The molecule has 2 aromatic rings. The fourth-order valence-electron chi connectivity index (χ4n) is 3.65. The molecular formula is C18H22N4O3. The van der Waals surface area contributed by atoms with Gasteiger partial charge in [-0.25, -0.2) is 9.89 Å². The molecule has 4 rings (SSSR count). The number of fused-ring (bicyclic) bond motifs is 1. The van der Waals surface area contributed by atoms with Crippen LogP contribution in [-0.4, -0.2) is 33.8 Å². The predicted octanol–water partition coefficient (Wildman–Crippen LogP) is 1.13. The molecule has 1 aromatic carbocycles. The number of aryl methyl sites for hydroxylation is 1. The maximum atomic E-state index is 12.9. The molecule has 2 aliphatic rings. The lowest BCUT2D eigenvalue weighted by Gasteiger charge is -2.21. The van der Waals surface area contributed by atoms with Gasteiger partial charge in [0.05, 0.1) is 12.5 Å². The minimum absolute atomic E-state index is 0.0734. The van der Waals surface area contributed by atoms with E-state index in [2.05, 4.69) is 15.5 Å². The standard InChI is InChI=1S/C18H22N4O3/c1-25-14-5-2-12(3-6-14)18(9-10-18)16(23)19-13-4-7-15-20-21-17(24)22(15)11-8-13/h2-3,5-6,13H,4,7-11H2,1H3,(H,19,23)(H,21,24). The zero-order valence-electron chi connectivity index (χ0n) is 14.2. The van der Waals surface area contributed by atoms with E-state index in [1.165, 1.54) is 0 Å². The van der Waals surface area contributed by atoms with Crippen molar-refractivity contribution in [2.45, 2.75) is 50.1 Å². The zero-order chi connectivity index (χ0) is 17.4. The van der Waals surface area contributed by atoms with E-state index >= 15 is 0 Å². The van der Waals surface area contributed by atoms with Crippen LogP contribution in [0.5, 0.6) is 5.75 Å². The van der Waals surface area contributed by atoms with Crippen LogP contribution in [0.15, 0.2) is 29.1 Å². The zero-order valence-corrected chi connectivity index (χ0v) is 14.2. The van der Waals surface area contributed by atoms with Gasteiger partial charge in [0.15, 0.2) is 0 Å². The van der Waals surface area contributed by atoms with E-state index in [4.69, 9.17) is 4.74 Å². The molecule has 1 saturated carbocycles. The summed E-state index contributed by atoms with van der Waals surface area (Å²) in [5.74, 6) is 1.66. The molecule has 1 unspecified atom stereocenters. The number of rotatable bonds is 4. The van der Waals surface area contributed by atoms with Crippen molar-refractivity contribution >= 4 is 5.91 Å². The fraction of sp³-hybridized carbons (Fsp3) is 0.500. The molecule has 0 saturated heterocycles. The number of nitrogens with one attached hydrogen (secondary N) is 2. The third-order valence-electron chi connectivity index (χ3n) is 5.42. The smallest absolute Gasteiger partial charge is 0.343 e. The third-order valence-corrected chi connectivity index (χ3v) is 5.42. The molecule has 25 heavy (non-hydrogen) atoms.